The number of ketones is 1. The molecule has 1 aliphatic rings. The first kappa shape index (κ1) is 22.6. The zero-order valence-corrected chi connectivity index (χ0v) is 18.7. The zero-order chi connectivity index (χ0) is 23.2. The predicted molar refractivity (Wildman–Crippen MR) is 127 cm³/mol. The molecule has 1 fully saturated rings. The van der Waals surface area contributed by atoms with Crippen molar-refractivity contribution in [3.63, 3.8) is 0 Å². The summed E-state index contributed by atoms with van der Waals surface area (Å²) in [5.41, 5.74) is 1.54. The first-order valence-electron chi connectivity index (χ1n) is 10.7. The second-order valence-electron chi connectivity index (χ2n) is 7.75. The first-order valence-corrected chi connectivity index (χ1v) is 11.1. The largest absolute Gasteiger partial charge is 0.479 e. The third kappa shape index (κ3) is 5.81. The number of rotatable bonds is 8. The maximum atomic E-state index is 12.5. The van der Waals surface area contributed by atoms with Gasteiger partial charge in [-0.25, -0.2) is 0 Å². The van der Waals surface area contributed by atoms with Gasteiger partial charge in [0, 0.05) is 35.4 Å². The van der Waals surface area contributed by atoms with Crippen molar-refractivity contribution in [1.29, 1.82) is 0 Å². The number of nitro groups is 1. The summed E-state index contributed by atoms with van der Waals surface area (Å²) in [4.78, 5) is 25.5. The lowest BCUT2D eigenvalue weighted by atomic mass is 10.1. The molecule has 4 rings (SSSR count). The molecule has 3 aromatic rings. The lowest BCUT2D eigenvalue weighted by molar-refractivity contribution is -0.385. The van der Waals surface area contributed by atoms with Gasteiger partial charge in [0.1, 0.15) is 18.1 Å². The van der Waals surface area contributed by atoms with Gasteiger partial charge in [0.05, 0.1) is 4.92 Å². The van der Waals surface area contributed by atoms with E-state index in [0.717, 1.165) is 18.8 Å². The number of benzene rings is 2. The number of carbonyl (C=O) groups excluding carboxylic acids is 1. The molecule has 0 aliphatic carbocycles. The number of allylic oxidation sites excluding steroid dienone is 1. The number of furan rings is 1. The number of anilines is 1. The molecule has 0 radical (unpaired) electrons. The average molecular weight is 467 g/mol. The normalized spacial score (nSPS) is 13.9. The van der Waals surface area contributed by atoms with E-state index in [4.69, 9.17) is 20.8 Å². The van der Waals surface area contributed by atoms with E-state index in [2.05, 4.69) is 4.90 Å². The fourth-order valence-electron chi connectivity index (χ4n) is 3.71. The second kappa shape index (κ2) is 10.4. The smallest absolute Gasteiger partial charge is 0.312 e. The van der Waals surface area contributed by atoms with E-state index in [9.17, 15) is 14.9 Å². The van der Waals surface area contributed by atoms with Crippen LogP contribution in [0.25, 0.3) is 6.08 Å². The Balaban J connectivity index is 1.35. The number of nitrogens with zero attached hydrogens (tertiary/aromatic N) is 2. The fourth-order valence-corrected chi connectivity index (χ4v) is 3.87. The van der Waals surface area contributed by atoms with Gasteiger partial charge in [-0.2, -0.15) is 0 Å². The quantitative estimate of drug-likeness (QED) is 0.167. The van der Waals surface area contributed by atoms with Crippen LogP contribution in [0.5, 0.6) is 5.75 Å². The predicted octanol–water partition coefficient (Wildman–Crippen LogP) is 6.31. The first-order chi connectivity index (χ1) is 16.0. The lowest BCUT2D eigenvalue weighted by Gasteiger charge is -2.28. The summed E-state index contributed by atoms with van der Waals surface area (Å²) in [6.07, 6.45) is 6.74. The minimum absolute atomic E-state index is 0.00220. The molecule has 7 nitrogen and oxygen atoms in total. The van der Waals surface area contributed by atoms with E-state index >= 15 is 0 Å². The molecule has 0 N–H and O–H groups in total. The number of carbonyl (C=O) groups is 1. The highest BCUT2D eigenvalue weighted by atomic mass is 35.5. The summed E-state index contributed by atoms with van der Waals surface area (Å²) in [6, 6.07) is 15.3. The number of halogens is 1. The molecule has 8 heteroatoms. The average Bonchev–Trinajstić information content (AvgIpc) is 3.30. The summed E-state index contributed by atoms with van der Waals surface area (Å²) < 4.78 is 11.2. The van der Waals surface area contributed by atoms with Gasteiger partial charge in [-0.3, -0.25) is 14.9 Å². The van der Waals surface area contributed by atoms with E-state index in [1.165, 1.54) is 43.5 Å². The fraction of sp³-hybridized carbons (Fsp3) is 0.240. The Bertz CT molecular complexity index is 1160. The van der Waals surface area contributed by atoms with Crippen molar-refractivity contribution in [2.24, 2.45) is 0 Å². The third-order valence-corrected chi connectivity index (χ3v) is 5.68. The molecule has 0 saturated carbocycles. The highest BCUT2D eigenvalue weighted by molar-refractivity contribution is 6.30. The minimum atomic E-state index is -0.553. The summed E-state index contributed by atoms with van der Waals surface area (Å²) in [5, 5.41) is 11.4. The van der Waals surface area contributed by atoms with E-state index < -0.39 is 4.92 Å². The molecule has 170 valence electrons. The van der Waals surface area contributed by atoms with E-state index in [0.29, 0.717) is 17.1 Å². The highest BCUT2D eigenvalue weighted by Gasteiger charge is 2.16. The van der Waals surface area contributed by atoms with Gasteiger partial charge in [-0.05, 0) is 79.9 Å². The van der Waals surface area contributed by atoms with Crippen LogP contribution in [0.2, 0.25) is 5.02 Å². The van der Waals surface area contributed by atoms with Crippen LogP contribution in [0.15, 0.2) is 65.1 Å². The SMILES string of the molecule is O=C(/C=C/c1ccc(COc2ccc(Cl)cc2[N+](=O)[O-])o1)c1ccc(N2CCCCC2)cc1. The summed E-state index contributed by atoms with van der Waals surface area (Å²) >= 11 is 5.81. The molecular weight excluding hydrogens is 444 g/mol. The standard InChI is InChI=1S/C25H23ClN2O5/c26-19-6-13-25(23(16-19)28(30)31)32-17-22-10-9-21(33-22)11-12-24(29)18-4-7-20(8-5-18)27-14-2-1-3-15-27/h4-13,16H,1-3,14-15,17H2/b12-11+. The number of ether oxygens (including phenoxy) is 1. The maximum Gasteiger partial charge on any atom is 0.312 e. The van der Waals surface area contributed by atoms with Gasteiger partial charge in [-0.15, -0.1) is 0 Å². The molecule has 1 saturated heterocycles. The Labute approximate surface area is 196 Å². The molecule has 2 heterocycles. The summed E-state index contributed by atoms with van der Waals surface area (Å²) in [7, 11) is 0. The minimum Gasteiger partial charge on any atom is -0.479 e. The molecule has 0 unspecified atom stereocenters. The van der Waals surface area contributed by atoms with Crippen LogP contribution in [0, 0.1) is 10.1 Å². The highest BCUT2D eigenvalue weighted by Crippen LogP contribution is 2.30. The monoisotopic (exact) mass is 466 g/mol. The van der Waals surface area contributed by atoms with Crippen LogP contribution in [0.3, 0.4) is 0 Å². The van der Waals surface area contributed by atoms with Crippen LogP contribution in [0.1, 0.15) is 41.1 Å². The topological polar surface area (TPSA) is 85.8 Å². The van der Waals surface area contributed by atoms with E-state index in [1.54, 1.807) is 18.2 Å². The van der Waals surface area contributed by atoms with Gasteiger partial charge >= 0.3 is 5.69 Å². The Morgan fingerprint density at radius 1 is 1.09 bits per heavy atom. The van der Waals surface area contributed by atoms with Gasteiger partial charge < -0.3 is 14.1 Å². The van der Waals surface area contributed by atoms with Gasteiger partial charge in [-0.1, -0.05) is 11.6 Å². The lowest BCUT2D eigenvalue weighted by Crippen LogP contribution is -2.29. The van der Waals surface area contributed by atoms with Crippen molar-refractivity contribution in [2.75, 3.05) is 18.0 Å². The van der Waals surface area contributed by atoms with Crippen molar-refractivity contribution in [3.8, 4) is 5.75 Å². The molecule has 2 aromatic carbocycles. The number of nitro benzene ring substituents is 1. The van der Waals surface area contributed by atoms with E-state index in [-0.39, 0.29) is 28.8 Å². The molecule has 1 aromatic heterocycles. The zero-order valence-electron chi connectivity index (χ0n) is 17.9. The molecule has 0 atom stereocenters. The molecule has 0 spiro atoms. The van der Waals surface area contributed by atoms with Crippen LogP contribution < -0.4 is 9.64 Å². The summed E-state index contributed by atoms with van der Waals surface area (Å²) in [5.74, 6) is 0.932. The number of piperidine rings is 1. The van der Waals surface area contributed by atoms with Crippen molar-refractivity contribution in [2.45, 2.75) is 25.9 Å². The molecule has 0 bridgehead atoms. The molecular formula is C25H23ClN2O5. The molecule has 33 heavy (non-hydrogen) atoms. The van der Waals surface area contributed by atoms with Crippen LogP contribution >= 0.6 is 11.6 Å². The van der Waals surface area contributed by atoms with Gasteiger partial charge in [0.25, 0.3) is 0 Å². The Hall–Kier alpha value is -3.58. The van der Waals surface area contributed by atoms with Crippen molar-refractivity contribution in [3.05, 3.63) is 92.9 Å². The van der Waals surface area contributed by atoms with E-state index in [1.807, 2.05) is 24.3 Å². The molecule has 0 amide bonds. The van der Waals surface area contributed by atoms with Gasteiger partial charge in [0.2, 0.25) is 0 Å². The maximum absolute atomic E-state index is 12.5. The second-order valence-corrected chi connectivity index (χ2v) is 8.19. The van der Waals surface area contributed by atoms with Crippen LogP contribution in [-0.2, 0) is 6.61 Å². The molecule has 1 aliphatic heterocycles. The Morgan fingerprint density at radius 2 is 1.85 bits per heavy atom. The van der Waals surface area contributed by atoms with Crippen LogP contribution in [0.4, 0.5) is 11.4 Å². The van der Waals surface area contributed by atoms with Crippen molar-refractivity contribution < 1.29 is 18.9 Å². The van der Waals surface area contributed by atoms with Gasteiger partial charge in [0.15, 0.2) is 11.5 Å². The Kier molecular flexibility index (Phi) is 7.10. The number of hydrogen-bond donors (Lipinski definition) is 0. The third-order valence-electron chi connectivity index (χ3n) is 5.44. The van der Waals surface area contributed by atoms with Crippen molar-refractivity contribution in [1.82, 2.24) is 0 Å². The number of hydrogen-bond acceptors (Lipinski definition) is 6. The summed E-state index contributed by atoms with van der Waals surface area (Å²) in [6.45, 7) is 2.12. The van der Waals surface area contributed by atoms with Crippen molar-refractivity contribution >= 4 is 34.8 Å². The Morgan fingerprint density at radius 3 is 2.58 bits per heavy atom. The van der Waals surface area contributed by atoms with Crippen LogP contribution in [-0.4, -0.2) is 23.8 Å².